The molecule has 0 saturated carbocycles. The third kappa shape index (κ3) is 5.50. The van der Waals surface area contributed by atoms with Crippen LogP contribution in [-0.2, 0) is 0 Å². The molecule has 11 aromatic rings. The largest absolute Gasteiger partial charge is 0.309 e. The molecule has 0 bridgehead atoms. The minimum atomic E-state index is 0.717. The smallest absolute Gasteiger partial charge is 0.160 e. The highest BCUT2D eigenvalue weighted by Gasteiger charge is 2.18. The lowest BCUT2D eigenvalue weighted by molar-refractivity contribution is 1.18. The van der Waals surface area contributed by atoms with Crippen molar-refractivity contribution < 1.29 is 0 Å². The fourth-order valence-corrected chi connectivity index (χ4v) is 9.21. The van der Waals surface area contributed by atoms with Gasteiger partial charge in [0.25, 0.3) is 0 Å². The highest BCUT2D eigenvalue weighted by molar-refractivity contribution is 7.25. The van der Waals surface area contributed by atoms with Crippen molar-refractivity contribution in [1.29, 1.82) is 0 Å². The molecule has 0 atom stereocenters. The van der Waals surface area contributed by atoms with Gasteiger partial charge in [0.2, 0.25) is 0 Å². The number of fused-ring (bicyclic) bond motifs is 6. The molecule has 0 spiro atoms. The van der Waals surface area contributed by atoms with E-state index in [1.54, 1.807) is 0 Å². The Labute approximate surface area is 328 Å². The molecular formula is C52H33N3S. The molecule has 0 amide bonds. The highest BCUT2D eigenvalue weighted by atomic mass is 32.1. The predicted octanol–water partition coefficient (Wildman–Crippen LogP) is 14.3. The lowest BCUT2D eigenvalue weighted by Gasteiger charge is -2.11. The van der Waals surface area contributed by atoms with Crippen molar-refractivity contribution >= 4 is 53.3 Å². The third-order valence-corrected chi connectivity index (χ3v) is 12.0. The van der Waals surface area contributed by atoms with Crippen LogP contribution in [0.5, 0.6) is 0 Å². The van der Waals surface area contributed by atoms with Crippen LogP contribution in [0.15, 0.2) is 200 Å². The minimum absolute atomic E-state index is 0.717. The average Bonchev–Trinajstić information content (AvgIpc) is 3.82. The lowest BCUT2D eigenvalue weighted by Crippen LogP contribution is -1.95. The summed E-state index contributed by atoms with van der Waals surface area (Å²) in [7, 11) is 0. The molecule has 3 aromatic heterocycles. The second-order valence-corrected chi connectivity index (χ2v) is 15.3. The van der Waals surface area contributed by atoms with E-state index in [4.69, 9.17) is 9.97 Å². The first-order chi connectivity index (χ1) is 27.7. The SMILES string of the molecule is c1ccc(-c2ccc3sc4ccc(-n5c6ccccc6c6c(-c7ccc(-c8cc(-c9ccccc9)nc(-c9ccccc9)n8)cc7)cccc65)cc4c3c2)cc1. The van der Waals surface area contributed by atoms with Gasteiger partial charge in [0.05, 0.1) is 22.4 Å². The van der Waals surface area contributed by atoms with Gasteiger partial charge in [-0.15, -0.1) is 11.3 Å². The van der Waals surface area contributed by atoms with Crippen LogP contribution in [-0.4, -0.2) is 14.5 Å². The van der Waals surface area contributed by atoms with Gasteiger partial charge in [-0.2, -0.15) is 0 Å². The van der Waals surface area contributed by atoms with Crippen molar-refractivity contribution in [2.24, 2.45) is 0 Å². The zero-order valence-corrected chi connectivity index (χ0v) is 31.1. The molecule has 3 nitrogen and oxygen atoms in total. The summed E-state index contributed by atoms with van der Waals surface area (Å²) in [4.78, 5) is 10.1. The Morgan fingerprint density at radius 1 is 0.357 bits per heavy atom. The van der Waals surface area contributed by atoms with Crippen LogP contribution < -0.4 is 0 Å². The number of benzene rings is 8. The van der Waals surface area contributed by atoms with Crippen LogP contribution >= 0.6 is 11.3 Å². The normalized spacial score (nSPS) is 11.6. The first-order valence-corrected chi connectivity index (χ1v) is 19.7. The first-order valence-electron chi connectivity index (χ1n) is 18.9. The average molecular weight is 732 g/mol. The summed E-state index contributed by atoms with van der Waals surface area (Å²) in [6, 6.07) is 71.5. The van der Waals surface area contributed by atoms with Gasteiger partial charge in [-0.25, -0.2) is 9.97 Å². The van der Waals surface area contributed by atoms with Gasteiger partial charge in [-0.05, 0) is 70.8 Å². The Hall–Kier alpha value is -7.14. The summed E-state index contributed by atoms with van der Waals surface area (Å²) < 4.78 is 5.04. The van der Waals surface area contributed by atoms with E-state index in [0.717, 1.165) is 39.3 Å². The highest BCUT2D eigenvalue weighted by Crippen LogP contribution is 2.42. The first kappa shape index (κ1) is 32.3. The van der Waals surface area contributed by atoms with Gasteiger partial charge in [-0.1, -0.05) is 152 Å². The van der Waals surface area contributed by atoms with Gasteiger partial charge in [0.15, 0.2) is 5.82 Å². The maximum atomic E-state index is 5.07. The van der Waals surface area contributed by atoms with Crippen molar-refractivity contribution in [3.63, 3.8) is 0 Å². The van der Waals surface area contributed by atoms with Gasteiger partial charge < -0.3 is 4.57 Å². The van der Waals surface area contributed by atoms with E-state index in [1.165, 1.54) is 58.7 Å². The second-order valence-electron chi connectivity index (χ2n) is 14.2. The molecule has 8 aromatic carbocycles. The number of hydrogen-bond acceptors (Lipinski definition) is 3. The molecule has 3 heterocycles. The topological polar surface area (TPSA) is 30.7 Å². The number of aromatic nitrogens is 3. The number of hydrogen-bond donors (Lipinski definition) is 0. The van der Waals surface area contributed by atoms with E-state index < -0.39 is 0 Å². The number of thiophene rings is 1. The Kier molecular flexibility index (Phi) is 7.68. The molecule has 0 aliphatic rings. The van der Waals surface area contributed by atoms with Crippen molar-refractivity contribution in [3.05, 3.63) is 200 Å². The fourth-order valence-electron chi connectivity index (χ4n) is 8.14. The second kappa shape index (κ2) is 13.3. The van der Waals surface area contributed by atoms with Gasteiger partial charge >= 0.3 is 0 Å². The zero-order valence-electron chi connectivity index (χ0n) is 30.3. The maximum absolute atomic E-state index is 5.07. The van der Waals surface area contributed by atoms with Crippen LogP contribution in [0.4, 0.5) is 0 Å². The monoisotopic (exact) mass is 731 g/mol. The summed E-state index contributed by atoms with van der Waals surface area (Å²) in [5, 5.41) is 5.07. The van der Waals surface area contributed by atoms with Gasteiger partial charge in [-0.3, -0.25) is 0 Å². The van der Waals surface area contributed by atoms with E-state index in [-0.39, 0.29) is 0 Å². The molecule has 262 valence electrons. The van der Waals surface area contributed by atoms with Crippen molar-refractivity contribution in [3.8, 4) is 61.8 Å². The maximum Gasteiger partial charge on any atom is 0.160 e. The standard InChI is InChI=1S/C52H33N3S/c1-4-13-34(14-5-1)39-27-29-49-43(31-39)44-32-40(28-30-50(44)56-49)55-47-21-11-10-19-42(47)51-41(20-12-22-48(51)55)35-23-25-37(26-24-35)46-33-45(36-15-6-2-7-16-36)53-52(54-46)38-17-8-3-9-18-38/h1-33H. The molecule has 11 rings (SSSR count). The summed E-state index contributed by atoms with van der Waals surface area (Å²) in [6.45, 7) is 0. The van der Waals surface area contributed by atoms with Gasteiger partial charge in [0, 0.05) is 53.3 Å². The van der Waals surface area contributed by atoms with Crippen molar-refractivity contribution in [1.82, 2.24) is 14.5 Å². The Bertz CT molecular complexity index is 3160. The Morgan fingerprint density at radius 2 is 0.911 bits per heavy atom. The third-order valence-electron chi connectivity index (χ3n) is 10.8. The van der Waals surface area contributed by atoms with Crippen LogP contribution in [0.25, 0.3) is 104 Å². The summed E-state index contributed by atoms with van der Waals surface area (Å²) in [6.07, 6.45) is 0. The van der Waals surface area contributed by atoms with E-state index in [9.17, 15) is 0 Å². The number of para-hydroxylation sites is 1. The molecule has 4 heteroatoms. The van der Waals surface area contributed by atoms with Crippen LogP contribution in [0.2, 0.25) is 0 Å². The number of nitrogens with zero attached hydrogens (tertiary/aromatic N) is 3. The Balaban J connectivity index is 1.03. The summed E-state index contributed by atoms with van der Waals surface area (Å²) in [5.74, 6) is 0.717. The van der Waals surface area contributed by atoms with Crippen LogP contribution in [0, 0.1) is 0 Å². The zero-order chi connectivity index (χ0) is 37.0. The molecule has 0 unspecified atom stereocenters. The van der Waals surface area contributed by atoms with Gasteiger partial charge in [0.1, 0.15) is 0 Å². The minimum Gasteiger partial charge on any atom is -0.309 e. The molecule has 0 fully saturated rings. The van der Waals surface area contributed by atoms with Crippen LogP contribution in [0.3, 0.4) is 0 Å². The molecule has 0 aliphatic carbocycles. The predicted molar refractivity (Wildman–Crippen MR) is 236 cm³/mol. The van der Waals surface area contributed by atoms with Crippen LogP contribution in [0.1, 0.15) is 0 Å². The fraction of sp³-hybridized carbons (Fsp3) is 0. The van der Waals surface area contributed by atoms with Crippen molar-refractivity contribution in [2.75, 3.05) is 0 Å². The summed E-state index contributed by atoms with van der Waals surface area (Å²) >= 11 is 1.86. The summed E-state index contributed by atoms with van der Waals surface area (Å²) in [5.41, 5.74) is 13.3. The molecule has 0 radical (unpaired) electrons. The lowest BCUT2D eigenvalue weighted by atomic mass is 9.97. The molecule has 56 heavy (non-hydrogen) atoms. The van der Waals surface area contributed by atoms with E-state index in [0.29, 0.717) is 5.82 Å². The van der Waals surface area contributed by atoms with E-state index in [1.807, 2.05) is 35.6 Å². The van der Waals surface area contributed by atoms with Crippen molar-refractivity contribution in [2.45, 2.75) is 0 Å². The Morgan fingerprint density at radius 3 is 1.64 bits per heavy atom. The van der Waals surface area contributed by atoms with E-state index >= 15 is 0 Å². The van der Waals surface area contributed by atoms with E-state index in [2.05, 4.69) is 180 Å². The quantitative estimate of drug-likeness (QED) is 0.170. The molecule has 0 aliphatic heterocycles. The molecule has 0 N–H and O–H groups in total. The molecule has 0 saturated heterocycles. The number of rotatable bonds is 6. The molecular weight excluding hydrogens is 699 g/mol.